The van der Waals surface area contributed by atoms with Gasteiger partial charge < -0.3 is 9.47 Å². The molecule has 1 saturated heterocycles. The molecule has 0 aromatic heterocycles. The molecule has 0 atom stereocenters. The third kappa shape index (κ3) is 5.46. The molecule has 15 heteroatoms. The van der Waals surface area contributed by atoms with E-state index in [1.54, 1.807) is 0 Å². The second-order valence-corrected chi connectivity index (χ2v) is 8.38. The Bertz CT molecular complexity index is 1630. The van der Waals surface area contributed by atoms with Crippen LogP contribution in [0, 0.1) is 20.2 Å². The number of hydrogen-bond donors (Lipinski definition) is 1. The van der Waals surface area contributed by atoms with Crippen LogP contribution in [0.15, 0.2) is 66.2 Å². The molecule has 0 radical (unpaired) electrons. The molecule has 0 aliphatic carbocycles. The van der Waals surface area contributed by atoms with Gasteiger partial charge in [0.05, 0.1) is 34.3 Å². The van der Waals surface area contributed by atoms with Crippen LogP contribution in [0.25, 0.3) is 6.08 Å². The molecule has 1 fully saturated rings. The molecule has 1 heterocycles. The molecule has 1 aliphatic heterocycles. The van der Waals surface area contributed by atoms with Gasteiger partial charge in [-0.15, -0.1) is 0 Å². The topological polar surface area (TPSA) is 188 Å². The number of rotatable bonds is 7. The minimum atomic E-state index is -1.04. The number of carbonyl (C=O) groups is 4. The van der Waals surface area contributed by atoms with Gasteiger partial charge in [-0.3, -0.25) is 35.1 Å². The summed E-state index contributed by atoms with van der Waals surface area (Å²) >= 11 is 6.09. The standard InChI is InChI=1S/C25H15ClN4O10/c1-39-24(33)13-2-5-16(6-3-13)28-23(32)18(22(31)27-25(28)34)11-14-10-15(26)4-8-20(14)40-21-9-7-17(29(35)36)12-19(21)30(37)38/h2-12H,1H3,(H,27,31,34)/b18-11+. The van der Waals surface area contributed by atoms with Gasteiger partial charge in [-0.2, -0.15) is 0 Å². The second kappa shape index (κ2) is 11.0. The molecular formula is C25H15ClN4O10. The first kappa shape index (κ1) is 27.4. The molecule has 0 bridgehead atoms. The summed E-state index contributed by atoms with van der Waals surface area (Å²) in [6.07, 6.45) is 1.07. The number of non-ortho nitro benzene ring substituents is 1. The average Bonchev–Trinajstić information content (AvgIpc) is 2.92. The monoisotopic (exact) mass is 566 g/mol. The van der Waals surface area contributed by atoms with Crippen molar-refractivity contribution in [3.05, 3.63) is 103 Å². The average molecular weight is 567 g/mol. The number of ether oxygens (including phenoxy) is 2. The number of benzene rings is 3. The van der Waals surface area contributed by atoms with E-state index < -0.39 is 50.6 Å². The fourth-order valence-electron chi connectivity index (χ4n) is 3.60. The summed E-state index contributed by atoms with van der Waals surface area (Å²) in [5.41, 5.74) is -1.54. The van der Waals surface area contributed by atoms with Gasteiger partial charge in [0.2, 0.25) is 5.75 Å². The number of imide groups is 2. The second-order valence-electron chi connectivity index (χ2n) is 7.95. The minimum Gasteiger partial charge on any atom is -0.465 e. The summed E-state index contributed by atoms with van der Waals surface area (Å²) in [7, 11) is 1.19. The van der Waals surface area contributed by atoms with Gasteiger partial charge in [-0.25, -0.2) is 14.5 Å². The van der Waals surface area contributed by atoms with Gasteiger partial charge in [-0.05, 0) is 54.6 Å². The predicted octanol–water partition coefficient (Wildman–Crippen LogP) is 4.40. The summed E-state index contributed by atoms with van der Waals surface area (Å²) in [5.74, 6) is -3.16. The minimum absolute atomic E-state index is 0.0222. The summed E-state index contributed by atoms with van der Waals surface area (Å²) < 4.78 is 10.3. The Morgan fingerprint density at radius 2 is 1.62 bits per heavy atom. The van der Waals surface area contributed by atoms with Crippen molar-refractivity contribution in [2.45, 2.75) is 0 Å². The number of hydrogen-bond acceptors (Lipinski definition) is 10. The first-order valence-electron chi connectivity index (χ1n) is 11.0. The van der Waals surface area contributed by atoms with Crippen molar-refractivity contribution in [1.82, 2.24) is 5.32 Å². The third-order valence-electron chi connectivity index (χ3n) is 5.49. The van der Waals surface area contributed by atoms with Crippen molar-refractivity contribution in [3.63, 3.8) is 0 Å². The van der Waals surface area contributed by atoms with Crippen molar-refractivity contribution in [2.24, 2.45) is 0 Å². The van der Waals surface area contributed by atoms with Crippen molar-refractivity contribution < 1.29 is 38.5 Å². The Kier molecular flexibility index (Phi) is 7.54. The molecular weight excluding hydrogens is 552 g/mol. The lowest BCUT2D eigenvalue weighted by Crippen LogP contribution is -2.54. The van der Waals surface area contributed by atoms with E-state index in [9.17, 15) is 39.4 Å². The van der Waals surface area contributed by atoms with Crippen molar-refractivity contribution >= 4 is 58.6 Å². The number of nitrogens with zero attached hydrogens (tertiary/aromatic N) is 3. The molecule has 4 rings (SSSR count). The number of barbiturate groups is 1. The van der Waals surface area contributed by atoms with Crippen molar-refractivity contribution in [1.29, 1.82) is 0 Å². The zero-order valence-electron chi connectivity index (χ0n) is 20.2. The fourth-order valence-corrected chi connectivity index (χ4v) is 3.78. The quantitative estimate of drug-likeness (QED) is 0.141. The van der Waals surface area contributed by atoms with E-state index in [-0.39, 0.29) is 33.3 Å². The Morgan fingerprint density at radius 1 is 0.950 bits per heavy atom. The third-order valence-corrected chi connectivity index (χ3v) is 5.73. The summed E-state index contributed by atoms with van der Waals surface area (Å²) in [6.45, 7) is 0. The first-order chi connectivity index (χ1) is 19.0. The molecule has 4 amide bonds. The maximum Gasteiger partial charge on any atom is 0.337 e. The van der Waals surface area contributed by atoms with Crippen molar-refractivity contribution in [2.75, 3.05) is 12.0 Å². The Balaban J connectivity index is 1.73. The van der Waals surface area contributed by atoms with Gasteiger partial charge in [-0.1, -0.05) is 11.6 Å². The number of halogens is 1. The number of nitro benzene ring substituents is 2. The van der Waals surface area contributed by atoms with E-state index in [1.807, 2.05) is 5.32 Å². The van der Waals surface area contributed by atoms with Crippen LogP contribution in [0.3, 0.4) is 0 Å². The van der Waals surface area contributed by atoms with Crippen LogP contribution in [-0.2, 0) is 14.3 Å². The molecule has 0 spiro atoms. The van der Waals surface area contributed by atoms with Gasteiger partial charge in [0.25, 0.3) is 17.5 Å². The van der Waals surface area contributed by atoms with Crippen LogP contribution >= 0.6 is 11.6 Å². The van der Waals surface area contributed by atoms with Crippen molar-refractivity contribution in [3.8, 4) is 11.5 Å². The molecule has 40 heavy (non-hydrogen) atoms. The molecule has 202 valence electrons. The lowest BCUT2D eigenvalue weighted by Gasteiger charge is -2.26. The normalized spacial score (nSPS) is 14.1. The number of esters is 1. The number of amides is 4. The number of anilines is 1. The lowest BCUT2D eigenvalue weighted by molar-refractivity contribution is -0.394. The van der Waals surface area contributed by atoms with E-state index in [1.165, 1.54) is 49.6 Å². The van der Waals surface area contributed by atoms with Gasteiger partial charge in [0.15, 0.2) is 0 Å². The van der Waals surface area contributed by atoms with E-state index >= 15 is 0 Å². The number of urea groups is 1. The fraction of sp³-hybridized carbons (Fsp3) is 0.0400. The van der Waals surface area contributed by atoms with E-state index in [2.05, 4.69) is 4.74 Å². The molecule has 1 aliphatic rings. The van der Waals surface area contributed by atoms with Crippen LogP contribution in [-0.4, -0.2) is 40.8 Å². The van der Waals surface area contributed by atoms with E-state index in [0.29, 0.717) is 4.90 Å². The highest BCUT2D eigenvalue weighted by Gasteiger charge is 2.37. The largest absolute Gasteiger partial charge is 0.465 e. The van der Waals surface area contributed by atoms with E-state index in [4.69, 9.17) is 16.3 Å². The predicted molar refractivity (Wildman–Crippen MR) is 138 cm³/mol. The highest BCUT2D eigenvalue weighted by molar-refractivity contribution is 6.39. The van der Waals surface area contributed by atoms with Crippen LogP contribution in [0.4, 0.5) is 21.9 Å². The maximum absolute atomic E-state index is 13.3. The number of carbonyl (C=O) groups excluding carboxylic acids is 4. The molecule has 0 unspecified atom stereocenters. The van der Waals surface area contributed by atoms with Crippen LogP contribution in [0.1, 0.15) is 15.9 Å². The van der Waals surface area contributed by atoms with E-state index in [0.717, 1.165) is 24.3 Å². The summed E-state index contributed by atoms with van der Waals surface area (Å²) in [5, 5.41) is 24.7. The molecule has 3 aromatic carbocycles. The summed E-state index contributed by atoms with van der Waals surface area (Å²) in [4.78, 5) is 71.7. The Morgan fingerprint density at radius 3 is 2.25 bits per heavy atom. The molecule has 1 N–H and O–H groups in total. The summed E-state index contributed by atoms with van der Waals surface area (Å²) in [6, 6.07) is 10.9. The zero-order valence-corrected chi connectivity index (χ0v) is 20.9. The van der Waals surface area contributed by atoms with Crippen LogP contribution in [0.2, 0.25) is 5.02 Å². The van der Waals surface area contributed by atoms with Gasteiger partial charge in [0.1, 0.15) is 11.3 Å². The van der Waals surface area contributed by atoms with Crippen LogP contribution < -0.4 is 15.0 Å². The number of nitro groups is 2. The Labute approximate surface area is 228 Å². The molecule has 14 nitrogen and oxygen atoms in total. The van der Waals surface area contributed by atoms with Crippen LogP contribution in [0.5, 0.6) is 11.5 Å². The molecule has 3 aromatic rings. The SMILES string of the molecule is COC(=O)c1ccc(N2C(=O)NC(=O)/C(=C\c3cc(Cl)ccc3Oc3ccc([N+](=O)[O-])cc3[N+](=O)[O-])C2=O)cc1. The maximum atomic E-state index is 13.3. The highest BCUT2D eigenvalue weighted by atomic mass is 35.5. The number of methoxy groups -OCH3 is 1. The van der Waals surface area contributed by atoms with Gasteiger partial charge >= 0.3 is 17.7 Å². The first-order valence-corrected chi connectivity index (χ1v) is 11.4. The molecule has 0 saturated carbocycles. The van der Waals surface area contributed by atoms with Gasteiger partial charge in [0, 0.05) is 16.7 Å². The highest BCUT2D eigenvalue weighted by Crippen LogP contribution is 2.37. The smallest absolute Gasteiger partial charge is 0.337 e. The lowest BCUT2D eigenvalue weighted by atomic mass is 10.1. The number of nitrogens with one attached hydrogen (secondary N) is 1. The zero-order chi connectivity index (χ0) is 29.1. The Hall–Kier alpha value is -5.63.